The fraction of sp³-hybridized carbons (Fsp3) is 0.667. The molecule has 1 aromatic heterocycles. The molecule has 110 valence electrons. The summed E-state index contributed by atoms with van der Waals surface area (Å²) in [6.07, 6.45) is 5.07. The lowest BCUT2D eigenvalue weighted by molar-refractivity contribution is -0.135. The summed E-state index contributed by atoms with van der Waals surface area (Å²) in [7, 11) is 0. The number of hydrogen-bond acceptors (Lipinski definition) is 4. The summed E-state index contributed by atoms with van der Waals surface area (Å²) in [6.45, 7) is 5.35. The van der Waals surface area contributed by atoms with Crippen molar-refractivity contribution < 1.29 is 9.21 Å². The number of carbonyl (C=O) groups is 1. The molecule has 0 spiro atoms. The summed E-state index contributed by atoms with van der Waals surface area (Å²) in [4.78, 5) is 16.8. The number of carbonyl (C=O) groups excluding carboxylic acids is 1. The molecule has 0 saturated carbocycles. The van der Waals surface area contributed by atoms with E-state index in [2.05, 4.69) is 10.2 Å². The topological polar surface area (TPSA) is 48.7 Å². The molecule has 5 nitrogen and oxygen atoms in total. The SMILES string of the molecule is O=C([C@H]1CCCCN1)N1CCN(Cc2ccco2)CC1. The van der Waals surface area contributed by atoms with Gasteiger partial charge in [0.25, 0.3) is 0 Å². The van der Waals surface area contributed by atoms with Gasteiger partial charge in [-0.05, 0) is 31.5 Å². The van der Waals surface area contributed by atoms with Crippen LogP contribution < -0.4 is 5.32 Å². The van der Waals surface area contributed by atoms with E-state index in [1.165, 1.54) is 12.8 Å². The molecule has 1 amide bonds. The summed E-state index contributed by atoms with van der Waals surface area (Å²) in [5.74, 6) is 1.29. The molecule has 5 heteroatoms. The van der Waals surface area contributed by atoms with Gasteiger partial charge in [0, 0.05) is 26.2 Å². The Morgan fingerprint density at radius 3 is 2.80 bits per heavy atom. The van der Waals surface area contributed by atoms with Crippen LogP contribution in [0.4, 0.5) is 0 Å². The van der Waals surface area contributed by atoms with Crippen molar-refractivity contribution in [1.29, 1.82) is 0 Å². The predicted octanol–water partition coefficient (Wildman–Crippen LogP) is 1.07. The van der Waals surface area contributed by atoms with Crippen LogP contribution in [0, 0.1) is 0 Å². The molecule has 3 rings (SSSR count). The Hall–Kier alpha value is -1.33. The van der Waals surface area contributed by atoms with Gasteiger partial charge in [0.2, 0.25) is 5.91 Å². The first-order chi connectivity index (χ1) is 9.83. The molecule has 0 bridgehead atoms. The van der Waals surface area contributed by atoms with Crippen LogP contribution >= 0.6 is 0 Å². The van der Waals surface area contributed by atoms with E-state index in [1.807, 2.05) is 17.0 Å². The van der Waals surface area contributed by atoms with Crippen molar-refractivity contribution in [1.82, 2.24) is 15.1 Å². The van der Waals surface area contributed by atoms with Gasteiger partial charge >= 0.3 is 0 Å². The molecule has 0 unspecified atom stereocenters. The molecule has 0 radical (unpaired) electrons. The number of nitrogens with zero attached hydrogens (tertiary/aromatic N) is 2. The Labute approximate surface area is 119 Å². The fourth-order valence-corrected chi connectivity index (χ4v) is 3.03. The summed E-state index contributed by atoms with van der Waals surface area (Å²) < 4.78 is 5.37. The molecule has 1 aromatic rings. The third-order valence-electron chi connectivity index (χ3n) is 4.25. The van der Waals surface area contributed by atoms with Crippen molar-refractivity contribution >= 4 is 5.91 Å². The van der Waals surface area contributed by atoms with Gasteiger partial charge in [-0.3, -0.25) is 9.69 Å². The highest BCUT2D eigenvalue weighted by molar-refractivity contribution is 5.82. The van der Waals surface area contributed by atoms with Crippen LogP contribution in [0.5, 0.6) is 0 Å². The maximum atomic E-state index is 12.4. The second-order valence-corrected chi connectivity index (χ2v) is 5.68. The van der Waals surface area contributed by atoms with E-state index in [-0.39, 0.29) is 6.04 Å². The first kappa shape index (κ1) is 13.6. The van der Waals surface area contributed by atoms with Gasteiger partial charge in [-0.15, -0.1) is 0 Å². The molecule has 2 aliphatic heterocycles. The Kier molecular flexibility index (Phi) is 4.38. The lowest BCUT2D eigenvalue weighted by Gasteiger charge is -2.37. The Balaban J connectivity index is 1.46. The highest BCUT2D eigenvalue weighted by Gasteiger charge is 2.28. The van der Waals surface area contributed by atoms with E-state index in [1.54, 1.807) is 6.26 Å². The van der Waals surface area contributed by atoms with Gasteiger partial charge < -0.3 is 14.6 Å². The molecule has 0 aliphatic carbocycles. The highest BCUT2D eigenvalue weighted by Crippen LogP contribution is 2.13. The third kappa shape index (κ3) is 3.22. The summed E-state index contributed by atoms with van der Waals surface area (Å²) in [5.41, 5.74) is 0. The molecule has 1 atom stereocenters. The maximum Gasteiger partial charge on any atom is 0.239 e. The minimum absolute atomic E-state index is 0.0559. The number of nitrogens with one attached hydrogen (secondary N) is 1. The van der Waals surface area contributed by atoms with Crippen molar-refractivity contribution in [2.75, 3.05) is 32.7 Å². The number of piperidine rings is 1. The van der Waals surface area contributed by atoms with Crippen LogP contribution in [0.3, 0.4) is 0 Å². The summed E-state index contributed by atoms with van der Waals surface area (Å²) in [5, 5.41) is 3.34. The molecular weight excluding hydrogens is 254 g/mol. The van der Waals surface area contributed by atoms with Crippen molar-refractivity contribution in [3.8, 4) is 0 Å². The first-order valence-corrected chi connectivity index (χ1v) is 7.60. The quantitative estimate of drug-likeness (QED) is 0.898. The number of furan rings is 1. The zero-order valence-electron chi connectivity index (χ0n) is 11.9. The second kappa shape index (κ2) is 6.41. The van der Waals surface area contributed by atoms with Crippen LogP contribution in [-0.4, -0.2) is 54.5 Å². The number of amides is 1. The number of piperazine rings is 1. The van der Waals surface area contributed by atoms with E-state index >= 15 is 0 Å². The molecular formula is C15H23N3O2. The van der Waals surface area contributed by atoms with E-state index in [4.69, 9.17) is 4.42 Å². The third-order valence-corrected chi connectivity index (χ3v) is 4.25. The van der Waals surface area contributed by atoms with E-state index in [0.29, 0.717) is 5.91 Å². The average molecular weight is 277 g/mol. The molecule has 2 fully saturated rings. The Morgan fingerprint density at radius 2 is 2.15 bits per heavy atom. The van der Waals surface area contributed by atoms with Crippen molar-refractivity contribution in [3.63, 3.8) is 0 Å². The largest absolute Gasteiger partial charge is 0.468 e. The zero-order chi connectivity index (χ0) is 13.8. The van der Waals surface area contributed by atoms with Crippen molar-refractivity contribution in [2.24, 2.45) is 0 Å². The molecule has 3 heterocycles. The Bertz CT molecular complexity index is 418. The van der Waals surface area contributed by atoms with Gasteiger partial charge in [-0.1, -0.05) is 6.42 Å². The van der Waals surface area contributed by atoms with Crippen molar-refractivity contribution in [3.05, 3.63) is 24.2 Å². The van der Waals surface area contributed by atoms with Gasteiger partial charge in [0.1, 0.15) is 5.76 Å². The minimum atomic E-state index is 0.0559. The lowest BCUT2D eigenvalue weighted by Crippen LogP contribution is -2.54. The predicted molar refractivity (Wildman–Crippen MR) is 76.2 cm³/mol. The smallest absolute Gasteiger partial charge is 0.239 e. The Morgan fingerprint density at radius 1 is 1.30 bits per heavy atom. The monoisotopic (exact) mass is 277 g/mol. The lowest BCUT2D eigenvalue weighted by atomic mass is 10.0. The first-order valence-electron chi connectivity index (χ1n) is 7.60. The standard InChI is InChI=1S/C15H23N3O2/c19-15(14-5-1-2-6-16-14)18-9-7-17(8-10-18)12-13-4-3-11-20-13/h3-4,11,14,16H,1-2,5-10,12H2/t14-/m1/s1. The van der Waals surface area contributed by atoms with E-state index in [9.17, 15) is 4.79 Å². The number of rotatable bonds is 3. The highest BCUT2D eigenvalue weighted by atomic mass is 16.3. The molecule has 0 aromatic carbocycles. The fourth-order valence-electron chi connectivity index (χ4n) is 3.03. The zero-order valence-corrected chi connectivity index (χ0v) is 11.9. The summed E-state index contributed by atoms with van der Waals surface area (Å²) >= 11 is 0. The van der Waals surface area contributed by atoms with Crippen molar-refractivity contribution in [2.45, 2.75) is 31.8 Å². The van der Waals surface area contributed by atoms with Crippen LogP contribution in [-0.2, 0) is 11.3 Å². The van der Waals surface area contributed by atoms with Crippen LogP contribution in [0.25, 0.3) is 0 Å². The van der Waals surface area contributed by atoms with Crippen LogP contribution in [0.1, 0.15) is 25.0 Å². The molecule has 2 saturated heterocycles. The second-order valence-electron chi connectivity index (χ2n) is 5.68. The van der Waals surface area contributed by atoms with E-state index in [0.717, 1.165) is 51.4 Å². The van der Waals surface area contributed by atoms with Gasteiger partial charge in [0.05, 0.1) is 18.8 Å². The maximum absolute atomic E-state index is 12.4. The van der Waals surface area contributed by atoms with Crippen LogP contribution in [0.15, 0.2) is 22.8 Å². The number of hydrogen-bond donors (Lipinski definition) is 1. The van der Waals surface area contributed by atoms with Crippen LogP contribution in [0.2, 0.25) is 0 Å². The van der Waals surface area contributed by atoms with Gasteiger partial charge in [-0.25, -0.2) is 0 Å². The molecule has 1 N–H and O–H groups in total. The molecule has 20 heavy (non-hydrogen) atoms. The normalized spacial score (nSPS) is 24.8. The minimum Gasteiger partial charge on any atom is -0.468 e. The van der Waals surface area contributed by atoms with Gasteiger partial charge in [0.15, 0.2) is 0 Å². The van der Waals surface area contributed by atoms with E-state index < -0.39 is 0 Å². The van der Waals surface area contributed by atoms with Gasteiger partial charge in [-0.2, -0.15) is 0 Å². The summed E-state index contributed by atoms with van der Waals surface area (Å²) in [6, 6.07) is 3.98. The molecule has 2 aliphatic rings. The average Bonchev–Trinajstić information content (AvgIpc) is 3.01.